The fourth-order valence-corrected chi connectivity index (χ4v) is 4.65. The number of rotatable bonds is 15. The Morgan fingerprint density at radius 2 is 1.13 bits per heavy atom. The van der Waals surface area contributed by atoms with Crippen LogP contribution in [0.5, 0.6) is 0 Å². The first kappa shape index (κ1) is 25.7. The van der Waals surface area contributed by atoms with Crippen LogP contribution in [-0.4, -0.2) is 23.6 Å². The Morgan fingerprint density at radius 3 is 1.50 bits per heavy atom. The lowest BCUT2D eigenvalue weighted by Crippen LogP contribution is -2.36. The molecule has 0 spiro atoms. The van der Waals surface area contributed by atoms with Gasteiger partial charge in [-0.3, -0.25) is 0 Å². The quantitative estimate of drug-likeness (QED) is 0.174. The number of thiol groups is 1. The van der Waals surface area contributed by atoms with E-state index in [1.807, 2.05) is 19.1 Å². The summed E-state index contributed by atoms with van der Waals surface area (Å²) in [6.45, 7) is 6.29. The minimum Gasteiger partial charge on any atom is -0.374 e. The van der Waals surface area contributed by atoms with Crippen molar-refractivity contribution in [3.8, 4) is 0 Å². The molecule has 3 nitrogen and oxygen atoms in total. The first-order valence-electron chi connectivity index (χ1n) is 10.6. The van der Waals surface area contributed by atoms with Crippen LogP contribution in [0.3, 0.4) is 0 Å². The Hall–Kier alpha value is -0.565. The maximum Gasteiger partial charge on any atom is 0.641 e. The summed E-state index contributed by atoms with van der Waals surface area (Å²) < 4.78 is 18.4. The lowest BCUT2D eigenvalue weighted by Gasteiger charge is -2.26. The smallest absolute Gasteiger partial charge is 0.374 e. The Kier molecular flexibility index (Phi) is 13.1. The van der Waals surface area contributed by atoms with Gasteiger partial charge in [-0.2, -0.15) is 0 Å². The predicted molar refractivity (Wildman–Crippen MR) is 136 cm³/mol. The number of hydrogen-bond donors (Lipinski definition) is 1. The summed E-state index contributed by atoms with van der Waals surface area (Å²) in [5.74, 6) is 1.79. The summed E-state index contributed by atoms with van der Waals surface area (Å²) in [5, 5.41) is 0. The Bertz CT molecular complexity index is 624. The Morgan fingerprint density at radius 1 is 0.700 bits per heavy atom. The minimum atomic E-state index is -0.728. The van der Waals surface area contributed by atoms with Crippen LogP contribution < -0.4 is 0 Å². The molecule has 7 heteroatoms. The van der Waals surface area contributed by atoms with Gasteiger partial charge >= 0.3 is 7.32 Å². The van der Waals surface area contributed by atoms with Crippen molar-refractivity contribution in [2.24, 2.45) is 0 Å². The summed E-state index contributed by atoms with van der Waals surface area (Å²) in [6.07, 6.45) is 2.53. The number of benzene rings is 2. The van der Waals surface area contributed by atoms with Gasteiger partial charge in [0.1, 0.15) is 0 Å². The second-order valence-electron chi connectivity index (χ2n) is 6.83. The second-order valence-corrected chi connectivity index (χ2v) is 9.70. The molecular formula is C23H33BO3S3. The van der Waals surface area contributed by atoms with E-state index < -0.39 is 7.32 Å². The van der Waals surface area contributed by atoms with Gasteiger partial charge in [-0.25, -0.2) is 0 Å². The fourth-order valence-electron chi connectivity index (χ4n) is 2.60. The molecule has 2 rings (SSSR count). The molecule has 3 unspecified atom stereocenters. The highest BCUT2D eigenvalue weighted by Crippen LogP contribution is 2.26. The van der Waals surface area contributed by atoms with Gasteiger partial charge in [-0.15, -0.1) is 36.2 Å². The van der Waals surface area contributed by atoms with Crippen molar-refractivity contribution in [3.63, 3.8) is 0 Å². The standard InChI is InChI=1S/C23H33BO3S3/c1-4-21(28)25-24(26-22(5-2)29-17-19-13-9-7-10-14-19)27-23(6-3)30-18-20-15-11-8-12-16-20/h7-16,21-23,28H,4-6,17-18H2,1-3H3. The minimum absolute atomic E-state index is 0.00998. The molecule has 0 aromatic heterocycles. The highest BCUT2D eigenvalue weighted by atomic mass is 32.2. The van der Waals surface area contributed by atoms with Crippen molar-refractivity contribution in [1.29, 1.82) is 0 Å². The van der Waals surface area contributed by atoms with Crippen LogP contribution in [0.2, 0.25) is 0 Å². The lowest BCUT2D eigenvalue weighted by molar-refractivity contribution is 0.0670. The Balaban J connectivity index is 1.92. The normalized spacial score (nSPS) is 14.3. The molecule has 0 aliphatic heterocycles. The van der Waals surface area contributed by atoms with E-state index in [1.165, 1.54) is 11.1 Å². The van der Waals surface area contributed by atoms with Crippen LogP contribution in [0.1, 0.15) is 51.2 Å². The van der Waals surface area contributed by atoms with Gasteiger partial charge < -0.3 is 14.0 Å². The van der Waals surface area contributed by atoms with Crippen LogP contribution >= 0.6 is 36.2 Å². The molecule has 0 radical (unpaired) electrons. The maximum absolute atomic E-state index is 6.23. The van der Waals surface area contributed by atoms with Crippen LogP contribution in [0.25, 0.3) is 0 Å². The van der Waals surface area contributed by atoms with E-state index in [1.54, 1.807) is 23.5 Å². The molecule has 0 saturated carbocycles. The molecule has 0 N–H and O–H groups in total. The predicted octanol–water partition coefficient (Wildman–Crippen LogP) is 7.03. The summed E-state index contributed by atoms with van der Waals surface area (Å²) in [5.41, 5.74) is 2.33. The maximum atomic E-state index is 6.23. The van der Waals surface area contributed by atoms with Gasteiger partial charge in [-0.1, -0.05) is 81.4 Å². The zero-order valence-electron chi connectivity index (χ0n) is 18.1. The molecule has 2 aromatic rings. The second kappa shape index (κ2) is 15.3. The third kappa shape index (κ3) is 10.2. The molecule has 30 heavy (non-hydrogen) atoms. The van der Waals surface area contributed by atoms with Gasteiger partial charge in [0, 0.05) is 11.5 Å². The van der Waals surface area contributed by atoms with Crippen molar-refractivity contribution in [1.82, 2.24) is 0 Å². The molecule has 0 aliphatic rings. The van der Waals surface area contributed by atoms with E-state index in [0.717, 1.165) is 30.8 Å². The summed E-state index contributed by atoms with van der Waals surface area (Å²) in [4.78, 5) is 0. The monoisotopic (exact) mass is 464 g/mol. The third-order valence-corrected chi connectivity index (χ3v) is 7.49. The van der Waals surface area contributed by atoms with Crippen molar-refractivity contribution in [2.75, 3.05) is 0 Å². The lowest BCUT2D eigenvalue weighted by atomic mass is 10.2. The molecule has 2 aromatic carbocycles. The highest BCUT2D eigenvalue weighted by Gasteiger charge is 2.31. The average Bonchev–Trinajstić information content (AvgIpc) is 2.80. The molecule has 0 aliphatic carbocycles. The van der Waals surface area contributed by atoms with E-state index in [2.05, 4.69) is 75.0 Å². The van der Waals surface area contributed by atoms with Gasteiger partial charge in [0.05, 0.1) is 16.3 Å². The first-order valence-corrected chi connectivity index (χ1v) is 13.2. The summed E-state index contributed by atoms with van der Waals surface area (Å²) in [6, 6.07) is 20.9. The first-order chi connectivity index (χ1) is 14.6. The third-order valence-electron chi connectivity index (χ3n) is 4.37. The topological polar surface area (TPSA) is 27.7 Å². The zero-order valence-corrected chi connectivity index (χ0v) is 20.6. The summed E-state index contributed by atoms with van der Waals surface area (Å²) >= 11 is 8.03. The molecule has 0 saturated heterocycles. The van der Waals surface area contributed by atoms with E-state index in [0.29, 0.717) is 0 Å². The van der Waals surface area contributed by atoms with Crippen LogP contribution in [0.4, 0.5) is 0 Å². The van der Waals surface area contributed by atoms with Gasteiger partial charge in [0.25, 0.3) is 0 Å². The summed E-state index contributed by atoms with van der Waals surface area (Å²) in [7, 11) is -0.728. The van der Waals surface area contributed by atoms with Crippen LogP contribution in [0, 0.1) is 0 Å². The zero-order chi connectivity index (χ0) is 21.6. The molecule has 0 bridgehead atoms. The molecular weight excluding hydrogens is 431 g/mol. The van der Waals surface area contributed by atoms with E-state index >= 15 is 0 Å². The molecule has 0 amide bonds. The largest absolute Gasteiger partial charge is 0.641 e. The Labute approximate surface area is 196 Å². The van der Waals surface area contributed by atoms with Crippen LogP contribution in [0.15, 0.2) is 60.7 Å². The van der Waals surface area contributed by atoms with Crippen molar-refractivity contribution in [3.05, 3.63) is 71.8 Å². The molecule has 3 atom stereocenters. The van der Waals surface area contributed by atoms with E-state index in [4.69, 9.17) is 14.0 Å². The van der Waals surface area contributed by atoms with Crippen molar-refractivity contribution in [2.45, 2.75) is 67.8 Å². The van der Waals surface area contributed by atoms with Gasteiger partial charge in [-0.05, 0) is 30.4 Å². The van der Waals surface area contributed by atoms with Crippen molar-refractivity contribution < 1.29 is 14.0 Å². The van der Waals surface area contributed by atoms with E-state index in [-0.39, 0.29) is 16.3 Å². The van der Waals surface area contributed by atoms with Crippen molar-refractivity contribution >= 4 is 43.5 Å². The number of thioether (sulfide) groups is 2. The molecule has 0 fully saturated rings. The fraction of sp³-hybridized carbons (Fsp3) is 0.478. The number of hydrogen-bond acceptors (Lipinski definition) is 6. The van der Waals surface area contributed by atoms with Gasteiger partial charge in [0.2, 0.25) is 0 Å². The molecule has 164 valence electrons. The van der Waals surface area contributed by atoms with Gasteiger partial charge in [0.15, 0.2) is 0 Å². The average molecular weight is 465 g/mol. The van der Waals surface area contributed by atoms with Crippen LogP contribution in [-0.2, 0) is 25.5 Å². The van der Waals surface area contributed by atoms with E-state index in [9.17, 15) is 0 Å². The SMILES string of the molecule is CCC(S)OB(OC(CC)SCc1ccccc1)OC(CC)SCc1ccccc1. The molecule has 0 heterocycles. The highest BCUT2D eigenvalue weighted by molar-refractivity contribution is 7.99.